The smallest absolute Gasteiger partial charge is 0.261 e. The molecule has 0 bridgehead atoms. The summed E-state index contributed by atoms with van der Waals surface area (Å²) in [4.78, 5) is 0. The van der Waals surface area contributed by atoms with Crippen LogP contribution in [0.1, 0.15) is 57.6 Å². The van der Waals surface area contributed by atoms with Crippen molar-refractivity contribution in [1.82, 2.24) is 0 Å². The summed E-state index contributed by atoms with van der Waals surface area (Å²) in [6.07, 6.45) is 5.43. The molecule has 0 aliphatic heterocycles. The fourth-order valence-corrected chi connectivity index (χ4v) is 9.16. The van der Waals surface area contributed by atoms with Crippen LogP contribution in [0.15, 0.2) is 84.9 Å². The Balaban J connectivity index is 1.85. The predicted octanol–water partition coefficient (Wildman–Crippen LogP) is 5.86. The Morgan fingerprint density at radius 3 is 1.81 bits per heavy atom. The SMILES string of the molecule is CC(C)(C)[Si](OCc1cccc(CCCCCCO)c1)(c1ccccc1)c1ccccc1. The molecule has 0 amide bonds. The second kappa shape index (κ2) is 11.6. The van der Waals surface area contributed by atoms with Crippen LogP contribution in [0.4, 0.5) is 0 Å². The second-order valence-corrected chi connectivity index (χ2v) is 14.0. The van der Waals surface area contributed by atoms with Crippen LogP contribution < -0.4 is 10.4 Å². The van der Waals surface area contributed by atoms with Crippen LogP contribution in [-0.4, -0.2) is 20.0 Å². The molecular weight excluding hydrogens is 408 g/mol. The van der Waals surface area contributed by atoms with Gasteiger partial charge in [-0.1, -0.05) is 119 Å². The number of hydrogen-bond acceptors (Lipinski definition) is 2. The van der Waals surface area contributed by atoms with Gasteiger partial charge in [0.1, 0.15) is 0 Å². The zero-order valence-corrected chi connectivity index (χ0v) is 20.9. The van der Waals surface area contributed by atoms with E-state index in [0.717, 1.165) is 19.3 Å². The van der Waals surface area contributed by atoms with Crippen LogP contribution in [0, 0.1) is 0 Å². The van der Waals surface area contributed by atoms with Gasteiger partial charge in [0.05, 0.1) is 6.61 Å². The molecule has 32 heavy (non-hydrogen) atoms. The van der Waals surface area contributed by atoms with Crippen molar-refractivity contribution in [3.63, 3.8) is 0 Å². The third kappa shape index (κ3) is 5.98. The lowest BCUT2D eigenvalue weighted by molar-refractivity contribution is 0.282. The first-order valence-corrected chi connectivity index (χ1v) is 13.8. The van der Waals surface area contributed by atoms with Gasteiger partial charge in [0, 0.05) is 6.61 Å². The quantitative estimate of drug-likeness (QED) is 0.295. The highest BCUT2D eigenvalue weighted by Gasteiger charge is 2.50. The van der Waals surface area contributed by atoms with E-state index in [9.17, 15) is 0 Å². The number of rotatable bonds is 11. The fourth-order valence-electron chi connectivity index (χ4n) is 4.62. The maximum Gasteiger partial charge on any atom is 0.261 e. The molecule has 3 heteroatoms. The molecule has 0 fully saturated rings. The van der Waals surface area contributed by atoms with Crippen molar-refractivity contribution in [2.24, 2.45) is 0 Å². The number of aryl methyl sites for hydroxylation is 1. The zero-order valence-electron chi connectivity index (χ0n) is 19.9. The number of benzene rings is 3. The van der Waals surface area contributed by atoms with Gasteiger partial charge in [0.15, 0.2) is 0 Å². The van der Waals surface area contributed by atoms with Crippen molar-refractivity contribution in [1.29, 1.82) is 0 Å². The van der Waals surface area contributed by atoms with E-state index in [1.807, 2.05) is 0 Å². The number of unbranched alkanes of at least 4 members (excludes halogenated alkanes) is 3. The van der Waals surface area contributed by atoms with Gasteiger partial charge in [0.2, 0.25) is 0 Å². The van der Waals surface area contributed by atoms with Crippen molar-refractivity contribution < 1.29 is 9.53 Å². The van der Waals surface area contributed by atoms with E-state index < -0.39 is 8.32 Å². The molecule has 3 aromatic carbocycles. The summed E-state index contributed by atoms with van der Waals surface area (Å²) < 4.78 is 7.08. The first-order valence-electron chi connectivity index (χ1n) is 11.9. The Hall–Kier alpha value is -2.20. The van der Waals surface area contributed by atoms with E-state index in [1.54, 1.807) is 0 Å². The monoisotopic (exact) mass is 446 g/mol. The molecule has 0 saturated carbocycles. The zero-order chi connectivity index (χ0) is 22.9. The molecule has 0 unspecified atom stereocenters. The van der Waals surface area contributed by atoms with E-state index in [2.05, 4.69) is 106 Å². The molecule has 3 aromatic rings. The van der Waals surface area contributed by atoms with E-state index in [4.69, 9.17) is 9.53 Å². The molecule has 170 valence electrons. The van der Waals surface area contributed by atoms with Gasteiger partial charge in [-0.25, -0.2) is 0 Å². The van der Waals surface area contributed by atoms with Gasteiger partial charge in [0.25, 0.3) is 8.32 Å². The molecule has 0 heterocycles. The van der Waals surface area contributed by atoms with Gasteiger partial charge in [-0.05, 0) is 45.8 Å². The average Bonchev–Trinajstić information content (AvgIpc) is 2.80. The van der Waals surface area contributed by atoms with E-state index >= 15 is 0 Å². The lowest BCUT2D eigenvalue weighted by Crippen LogP contribution is -2.66. The molecule has 0 atom stereocenters. The molecule has 0 spiro atoms. The van der Waals surface area contributed by atoms with Crippen molar-refractivity contribution in [2.45, 2.75) is 64.5 Å². The highest BCUT2D eigenvalue weighted by molar-refractivity contribution is 6.99. The third-order valence-electron chi connectivity index (χ3n) is 6.24. The number of hydrogen-bond donors (Lipinski definition) is 1. The van der Waals surface area contributed by atoms with E-state index in [-0.39, 0.29) is 5.04 Å². The Bertz CT molecular complexity index is 893. The minimum atomic E-state index is -2.51. The van der Waals surface area contributed by atoms with E-state index in [0.29, 0.717) is 13.2 Å². The average molecular weight is 447 g/mol. The Morgan fingerprint density at radius 2 is 1.25 bits per heavy atom. The van der Waals surface area contributed by atoms with Crippen LogP contribution in [0.2, 0.25) is 5.04 Å². The first kappa shape index (κ1) is 24.4. The van der Waals surface area contributed by atoms with Crippen LogP contribution in [-0.2, 0) is 17.5 Å². The maximum absolute atomic E-state index is 8.95. The summed E-state index contributed by atoms with van der Waals surface area (Å²) in [6.45, 7) is 7.88. The minimum absolute atomic E-state index is 0.0139. The fraction of sp³-hybridized carbons (Fsp3) is 0.379. The predicted molar refractivity (Wildman–Crippen MR) is 138 cm³/mol. The molecule has 2 nitrogen and oxygen atoms in total. The van der Waals surface area contributed by atoms with Crippen LogP contribution in [0.25, 0.3) is 0 Å². The molecule has 1 N–H and O–H groups in total. The summed E-state index contributed by atoms with van der Waals surface area (Å²) in [5.74, 6) is 0. The Labute approximate surface area is 195 Å². The van der Waals surface area contributed by atoms with Crippen molar-refractivity contribution in [2.75, 3.05) is 6.61 Å². The minimum Gasteiger partial charge on any atom is -0.403 e. The second-order valence-electron chi connectivity index (χ2n) is 9.66. The lowest BCUT2D eigenvalue weighted by Gasteiger charge is -2.43. The van der Waals surface area contributed by atoms with Crippen LogP contribution in [0.3, 0.4) is 0 Å². The van der Waals surface area contributed by atoms with Gasteiger partial charge < -0.3 is 9.53 Å². The first-order chi connectivity index (χ1) is 15.5. The van der Waals surface area contributed by atoms with Gasteiger partial charge in [-0.15, -0.1) is 0 Å². The third-order valence-corrected chi connectivity index (χ3v) is 11.2. The summed E-state index contributed by atoms with van der Waals surface area (Å²) in [5.41, 5.74) is 2.61. The molecule has 0 aliphatic rings. The largest absolute Gasteiger partial charge is 0.403 e. The molecule has 0 radical (unpaired) electrons. The summed E-state index contributed by atoms with van der Waals surface area (Å²) in [7, 11) is -2.51. The van der Waals surface area contributed by atoms with Crippen molar-refractivity contribution >= 4 is 18.7 Å². The van der Waals surface area contributed by atoms with Gasteiger partial charge >= 0.3 is 0 Å². The number of aliphatic hydroxyl groups excluding tert-OH is 1. The summed E-state index contributed by atoms with van der Waals surface area (Å²) in [5, 5.41) is 11.6. The molecular formula is C29H38O2Si. The Kier molecular flexibility index (Phi) is 8.86. The van der Waals surface area contributed by atoms with E-state index in [1.165, 1.54) is 34.3 Å². The molecule has 0 aliphatic carbocycles. The molecule has 0 aromatic heterocycles. The van der Waals surface area contributed by atoms with Gasteiger partial charge in [-0.2, -0.15) is 0 Å². The summed E-state index contributed by atoms with van der Waals surface area (Å²) in [6, 6.07) is 30.5. The standard InChI is InChI=1S/C29H38O2Si/c1-29(2,3)32(27-18-9-6-10-19-27,28-20-11-7-12-21-28)31-24-26-17-14-16-25(23-26)15-8-4-5-13-22-30/h6-7,9-12,14,16-21,23,30H,4-5,8,13,15,22,24H2,1-3H3. The molecule has 0 saturated heterocycles. The highest BCUT2D eigenvalue weighted by atomic mass is 28.4. The molecule has 3 rings (SSSR count). The Morgan fingerprint density at radius 1 is 0.688 bits per heavy atom. The van der Waals surface area contributed by atoms with Crippen LogP contribution >= 0.6 is 0 Å². The highest BCUT2D eigenvalue weighted by Crippen LogP contribution is 2.37. The van der Waals surface area contributed by atoms with Crippen LogP contribution in [0.5, 0.6) is 0 Å². The summed E-state index contributed by atoms with van der Waals surface area (Å²) >= 11 is 0. The topological polar surface area (TPSA) is 29.5 Å². The normalized spacial score (nSPS) is 12.1. The van der Waals surface area contributed by atoms with Crippen molar-refractivity contribution in [3.05, 3.63) is 96.1 Å². The number of aliphatic hydroxyl groups is 1. The van der Waals surface area contributed by atoms with Crippen molar-refractivity contribution in [3.8, 4) is 0 Å². The lowest BCUT2D eigenvalue weighted by atomic mass is 10.0. The maximum atomic E-state index is 8.95. The van der Waals surface area contributed by atoms with Gasteiger partial charge in [-0.3, -0.25) is 0 Å².